The van der Waals surface area contributed by atoms with E-state index in [1.165, 1.54) is 25.7 Å². The fourth-order valence-corrected chi connectivity index (χ4v) is 9.54. The van der Waals surface area contributed by atoms with Gasteiger partial charge in [0.1, 0.15) is 0 Å². The maximum atomic E-state index is 13.6. The molecule has 4 rings (SSSR count). The first-order valence-electron chi connectivity index (χ1n) is 13.6. The van der Waals surface area contributed by atoms with Crippen LogP contribution < -0.4 is 0 Å². The zero-order chi connectivity index (χ0) is 24.4. The van der Waals surface area contributed by atoms with Crippen LogP contribution in [0.25, 0.3) is 0 Å². The van der Waals surface area contributed by atoms with Crippen LogP contribution in [0.3, 0.4) is 0 Å². The lowest BCUT2D eigenvalue weighted by Crippen LogP contribution is -2.59. The third-order valence-electron chi connectivity index (χ3n) is 11.5. The molecule has 7 unspecified atom stereocenters. The Hall–Kier alpha value is -0.290. The predicted molar refractivity (Wildman–Crippen MR) is 126 cm³/mol. The van der Waals surface area contributed by atoms with E-state index in [0.717, 1.165) is 38.0 Å². The highest BCUT2D eigenvalue weighted by molar-refractivity contribution is 5.11. The van der Waals surface area contributed by atoms with Gasteiger partial charge in [0.15, 0.2) is 5.60 Å². The molecule has 0 saturated heterocycles. The lowest BCUT2D eigenvalue weighted by atomic mass is 9.43. The molecule has 4 aliphatic rings. The Morgan fingerprint density at radius 1 is 0.909 bits per heavy atom. The van der Waals surface area contributed by atoms with E-state index < -0.39 is 17.4 Å². The van der Waals surface area contributed by atoms with E-state index in [1.54, 1.807) is 0 Å². The van der Waals surface area contributed by atoms with Gasteiger partial charge in [0.05, 0.1) is 5.60 Å². The average molecular weight is 473 g/mol. The van der Waals surface area contributed by atoms with Gasteiger partial charge >= 0.3 is 6.18 Å². The van der Waals surface area contributed by atoms with Crippen LogP contribution in [0.4, 0.5) is 13.2 Å². The number of hydrogen-bond donors (Lipinski definition) is 2. The van der Waals surface area contributed by atoms with Crippen LogP contribution in [0.15, 0.2) is 0 Å². The number of aliphatic hydroxyl groups is 2. The van der Waals surface area contributed by atoms with Crippen LogP contribution in [0.1, 0.15) is 112 Å². The van der Waals surface area contributed by atoms with Crippen molar-refractivity contribution in [3.63, 3.8) is 0 Å². The molecule has 4 saturated carbocycles. The quantitative estimate of drug-likeness (QED) is 0.434. The van der Waals surface area contributed by atoms with Crippen molar-refractivity contribution in [2.24, 2.45) is 46.3 Å². The molecule has 33 heavy (non-hydrogen) atoms. The molecule has 0 aromatic heterocycles. The predicted octanol–water partition coefficient (Wildman–Crippen LogP) is 7.52. The van der Waals surface area contributed by atoms with Crippen LogP contribution in [0.5, 0.6) is 0 Å². The minimum atomic E-state index is -4.52. The van der Waals surface area contributed by atoms with Gasteiger partial charge < -0.3 is 10.2 Å². The van der Waals surface area contributed by atoms with Crippen molar-refractivity contribution in [3.8, 4) is 0 Å². The molecule has 2 N–H and O–H groups in total. The molecule has 0 amide bonds. The second-order valence-corrected chi connectivity index (χ2v) is 13.8. The molecule has 0 radical (unpaired) electrons. The Kier molecular flexibility index (Phi) is 6.56. The van der Waals surface area contributed by atoms with Gasteiger partial charge in [-0.1, -0.05) is 33.6 Å². The number of rotatable bonds is 5. The van der Waals surface area contributed by atoms with Crippen molar-refractivity contribution in [1.82, 2.24) is 0 Å². The van der Waals surface area contributed by atoms with Crippen LogP contribution in [-0.4, -0.2) is 27.6 Å². The topological polar surface area (TPSA) is 40.5 Å². The first kappa shape index (κ1) is 25.8. The van der Waals surface area contributed by atoms with E-state index >= 15 is 0 Å². The lowest BCUT2D eigenvalue weighted by molar-refractivity contribution is -0.290. The van der Waals surface area contributed by atoms with Gasteiger partial charge in [-0.2, -0.15) is 13.2 Å². The van der Waals surface area contributed by atoms with Crippen LogP contribution in [0, 0.1) is 46.3 Å². The van der Waals surface area contributed by atoms with Crippen molar-refractivity contribution in [2.75, 3.05) is 0 Å². The molecule has 192 valence electrons. The minimum absolute atomic E-state index is 0.0126. The summed E-state index contributed by atoms with van der Waals surface area (Å²) in [5.41, 5.74) is -2.78. The van der Waals surface area contributed by atoms with Gasteiger partial charge in [-0.15, -0.1) is 0 Å². The maximum Gasteiger partial charge on any atom is 0.417 e. The molecule has 0 aliphatic heterocycles. The lowest BCUT2D eigenvalue weighted by Gasteiger charge is -2.62. The minimum Gasteiger partial charge on any atom is -0.390 e. The second-order valence-electron chi connectivity index (χ2n) is 13.8. The molecule has 0 aromatic carbocycles. The van der Waals surface area contributed by atoms with Crippen LogP contribution in [0.2, 0.25) is 0 Å². The van der Waals surface area contributed by atoms with Crippen molar-refractivity contribution in [1.29, 1.82) is 0 Å². The van der Waals surface area contributed by atoms with E-state index in [-0.39, 0.29) is 24.2 Å². The summed E-state index contributed by atoms with van der Waals surface area (Å²) in [5.74, 6) is 3.20. The molecule has 2 nitrogen and oxygen atoms in total. The van der Waals surface area contributed by atoms with Crippen LogP contribution >= 0.6 is 0 Å². The standard InChI is InChI=1S/C28H47F3O2/c1-18(7-6-13-24(2,3)32)21-10-11-22-20-9-8-19-17-27(33,28(29,30)31)16-15-25(19,4)23(20)12-14-26(21,22)5/h18-23,32-33H,6-17H2,1-5H3/t18-,19?,20?,21?,22?,23?,25?,26?,27+/m1/s1. The SMILES string of the molecule is C[C@H](CCCC(C)(C)O)C1CCC2C3CCC4C[C@](O)(C(F)(F)F)CCC4(C)C3CCC21C. The number of halogens is 3. The first-order chi connectivity index (χ1) is 15.1. The van der Waals surface area contributed by atoms with Crippen molar-refractivity contribution < 1.29 is 23.4 Å². The Balaban J connectivity index is 1.46. The van der Waals surface area contributed by atoms with Gasteiger partial charge in [0.25, 0.3) is 0 Å². The summed E-state index contributed by atoms with van der Waals surface area (Å²) < 4.78 is 40.7. The molecular formula is C28H47F3O2. The van der Waals surface area contributed by atoms with Gasteiger partial charge in [0.2, 0.25) is 0 Å². The largest absolute Gasteiger partial charge is 0.417 e. The van der Waals surface area contributed by atoms with Gasteiger partial charge in [-0.05, 0) is 124 Å². The monoisotopic (exact) mass is 472 g/mol. The molecular weight excluding hydrogens is 425 g/mol. The highest BCUT2D eigenvalue weighted by Gasteiger charge is 2.65. The van der Waals surface area contributed by atoms with E-state index in [0.29, 0.717) is 35.5 Å². The summed E-state index contributed by atoms with van der Waals surface area (Å²) in [7, 11) is 0. The van der Waals surface area contributed by atoms with Gasteiger partial charge in [0, 0.05) is 0 Å². The maximum absolute atomic E-state index is 13.6. The number of hydrogen-bond acceptors (Lipinski definition) is 2. The van der Waals surface area contributed by atoms with Crippen molar-refractivity contribution >= 4 is 0 Å². The van der Waals surface area contributed by atoms with Gasteiger partial charge in [-0.3, -0.25) is 0 Å². The summed E-state index contributed by atoms with van der Waals surface area (Å²) >= 11 is 0. The highest BCUT2D eigenvalue weighted by Crippen LogP contribution is 2.69. The molecule has 4 fully saturated rings. The van der Waals surface area contributed by atoms with Crippen LogP contribution in [-0.2, 0) is 0 Å². The van der Waals surface area contributed by atoms with E-state index in [1.807, 2.05) is 13.8 Å². The molecule has 0 aromatic rings. The third kappa shape index (κ3) is 4.41. The van der Waals surface area contributed by atoms with Gasteiger partial charge in [-0.25, -0.2) is 0 Å². The van der Waals surface area contributed by atoms with Crippen molar-refractivity contribution in [3.05, 3.63) is 0 Å². The number of fused-ring (bicyclic) bond motifs is 5. The number of alkyl halides is 3. The Morgan fingerprint density at radius 2 is 1.58 bits per heavy atom. The third-order valence-corrected chi connectivity index (χ3v) is 11.5. The fraction of sp³-hybridized carbons (Fsp3) is 1.00. The zero-order valence-corrected chi connectivity index (χ0v) is 21.5. The average Bonchev–Trinajstić information content (AvgIpc) is 3.04. The molecule has 5 heteroatoms. The summed E-state index contributed by atoms with van der Waals surface area (Å²) in [5, 5.41) is 20.5. The summed E-state index contributed by atoms with van der Waals surface area (Å²) in [6, 6.07) is 0. The second kappa shape index (κ2) is 8.39. The summed E-state index contributed by atoms with van der Waals surface area (Å²) in [6.45, 7) is 11.0. The Morgan fingerprint density at radius 3 is 2.21 bits per heavy atom. The van der Waals surface area contributed by atoms with Crippen molar-refractivity contribution in [2.45, 2.75) is 129 Å². The molecule has 0 spiro atoms. The normalized spacial score (nSPS) is 46.9. The zero-order valence-electron chi connectivity index (χ0n) is 21.5. The fourth-order valence-electron chi connectivity index (χ4n) is 9.54. The van der Waals surface area contributed by atoms with E-state index in [9.17, 15) is 23.4 Å². The summed E-state index contributed by atoms with van der Waals surface area (Å²) in [6.07, 6.45) is 5.61. The van der Waals surface area contributed by atoms with E-state index in [4.69, 9.17) is 0 Å². The highest BCUT2D eigenvalue weighted by atomic mass is 19.4. The Bertz CT molecular complexity index is 715. The molecule has 9 atom stereocenters. The smallest absolute Gasteiger partial charge is 0.390 e. The summed E-state index contributed by atoms with van der Waals surface area (Å²) in [4.78, 5) is 0. The molecule has 0 heterocycles. The Labute approximate surface area is 199 Å². The molecule has 4 aliphatic carbocycles. The molecule has 0 bridgehead atoms. The first-order valence-corrected chi connectivity index (χ1v) is 13.6. The van der Waals surface area contributed by atoms with E-state index in [2.05, 4.69) is 20.8 Å².